The Morgan fingerprint density at radius 3 is 2.44 bits per heavy atom. The minimum atomic E-state index is -4.49. The van der Waals surface area contributed by atoms with Crippen molar-refractivity contribution in [3.63, 3.8) is 0 Å². The van der Waals surface area contributed by atoms with Crippen LogP contribution in [0.4, 0.5) is 30.6 Å². The maximum absolute atomic E-state index is 13.2. The van der Waals surface area contributed by atoms with Crippen LogP contribution in [0.15, 0.2) is 54.7 Å². The Labute approximate surface area is 232 Å². The normalized spacial score (nSPS) is 21.5. The van der Waals surface area contributed by atoms with Gasteiger partial charge in [0, 0.05) is 5.92 Å². The molecule has 0 spiro atoms. The second-order valence-corrected chi connectivity index (χ2v) is 11.0. The summed E-state index contributed by atoms with van der Waals surface area (Å²) in [6.45, 7) is 3.16. The number of rotatable bonds is 6. The molecule has 208 valence electrons. The van der Waals surface area contributed by atoms with Crippen LogP contribution < -0.4 is 28.0 Å². The minimum absolute atomic E-state index is 0. The summed E-state index contributed by atoms with van der Waals surface area (Å²) in [6, 6.07) is 11.7. The lowest BCUT2D eigenvalue weighted by molar-refractivity contribution is -0.363. The highest BCUT2D eigenvalue weighted by Gasteiger charge is 2.48. The van der Waals surface area contributed by atoms with E-state index in [4.69, 9.17) is 0 Å². The van der Waals surface area contributed by atoms with Gasteiger partial charge in [0.1, 0.15) is 16.7 Å². The summed E-state index contributed by atoms with van der Waals surface area (Å²) < 4.78 is 40.5. The standard InChI is InChI=1S/C26H26F3N5O3S.ClH/c1-25(2,37)16-11-18(21(36)20(16)35)32-22-15(23-33-17-8-3-4-9-19(17)38-23)12-30-24(34-22)31-14-7-5-6-13(10-14)26(27,28)29;/h3-10,12,16,18,20-21,35-37H,11H2,1-2H3,(H2,30,31,32,34);1H/t16-,18+,20+,21-;/m0./s1. The SMILES string of the molecule is CC(C)(O)[C@H]1C[C@@H](Nc2nc(Nc3cccc(C(F)(F)F)c3)[nH+]cc2-c2nc3ccccc3s2)[C@H](O)[C@@H]1O.[Cl-]. The molecule has 0 amide bonds. The average molecular weight is 582 g/mol. The van der Waals surface area contributed by atoms with E-state index in [1.54, 1.807) is 20.0 Å². The first-order chi connectivity index (χ1) is 17.9. The van der Waals surface area contributed by atoms with Gasteiger partial charge in [-0.15, -0.1) is 11.3 Å². The van der Waals surface area contributed by atoms with E-state index in [9.17, 15) is 28.5 Å². The molecular formula is C26H27ClF3N5O3S. The number of aliphatic hydroxyl groups excluding tert-OH is 2. The maximum atomic E-state index is 13.2. The molecule has 0 radical (unpaired) electrons. The Bertz CT molecular complexity index is 1430. The van der Waals surface area contributed by atoms with Crippen molar-refractivity contribution in [3.8, 4) is 10.6 Å². The number of H-pyrrole nitrogens is 1. The van der Waals surface area contributed by atoms with Crippen molar-refractivity contribution in [2.75, 3.05) is 10.6 Å². The third-order valence-electron chi connectivity index (χ3n) is 6.72. The number of thiazole rings is 1. The third kappa shape index (κ3) is 6.10. The number of anilines is 3. The summed E-state index contributed by atoms with van der Waals surface area (Å²) in [5.74, 6) is -0.118. The first-order valence-corrected chi connectivity index (χ1v) is 12.8. The monoisotopic (exact) mass is 581 g/mol. The zero-order chi connectivity index (χ0) is 27.2. The second-order valence-electron chi connectivity index (χ2n) is 9.93. The summed E-state index contributed by atoms with van der Waals surface area (Å²) in [5, 5.41) is 38.5. The molecule has 1 aliphatic rings. The molecular weight excluding hydrogens is 555 g/mol. The Balaban J connectivity index is 0.00000353. The van der Waals surface area contributed by atoms with Gasteiger partial charge in [0.15, 0.2) is 0 Å². The van der Waals surface area contributed by atoms with Crippen molar-refractivity contribution in [2.24, 2.45) is 5.92 Å². The number of fused-ring (bicyclic) bond motifs is 1. The molecule has 0 unspecified atom stereocenters. The quantitative estimate of drug-likeness (QED) is 0.232. The van der Waals surface area contributed by atoms with Gasteiger partial charge < -0.3 is 33.0 Å². The van der Waals surface area contributed by atoms with Gasteiger partial charge in [-0.3, -0.25) is 0 Å². The number of hydrogen-bond acceptors (Lipinski definition) is 8. The summed E-state index contributed by atoms with van der Waals surface area (Å²) in [5.41, 5.74) is -0.466. The molecule has 4 atom stereocenters. The number of aromatic nitrogens is 3. The van der Waals surface area contributed by atoms with Crippen LogP contribution >= 0.6 is 11.3 Å². The molecule has 2 aromatic heterocycles. The van der Waals surface area contributed by atoms with E-state index < -0.39 is 41.5 Å². The Morgan fingerprint density at radius 1 is 1.03 bits per heavy atom. The van der Waals surface area contributed by atoms with Gasteiger partial charge in [-0.25, -0.2) is 15.3 Å². The highest BCUT2D eigenvalue weighted by molar-refractivity contribution is 7.21. The van der Waals surface area contributed by atoms with Crippen LogP contribution in [0.2, 0.25) is 0 Å². The lowest BCUT2D eigenvalue weighted by Gasteiger charge is -2.28. The number of alkyl halides is 3. The van der Waals surface area contributed by atoms with E-state index >= 15 is 0 Å². The molecule has 0 saturated heterocycles. The van der Waals surface area contributed by atoms with Crippen LogP contribution in [0.25, 0.3) is 20.8 Å². The van der Waals surface area contributed by atoms with E-state index in [-0.39, 0.29) is 30.5 Å². The van der Waals surface area contributed by atoms with Crippen molar-refractivity contribution < 1.29 is 45.9 Å². The molecule has 0 bridgehead atoms. The highest BCUT2D eigenvalue weighted by Crippen LogP contribution is 2.39. The molecule has 2 heterocycles. The van der Waals surface area contributed by atoms with Gasteiger partial charge in [0.2, 0.25) is 5.82 Å². The lowest BCUT2D eigenvalue weighted by Crippen LogP contribution is -3.00. The van der Waals surface area contributed by atoms with Crippen molar-refractivity contribution in [3.05, 3.63) is 60.3 Å². The fourth-order valence-electron chi connectivity index (χ4n) is 4.70. The molecule has 13 heteroatoms. The van der Waals surface area contributed by atoms with E-state index in [0.717, 1.165) is 22.3 Å². The highest BCUT2D eigenvalue weighted by atomic mass is 35.5. The Hall–Kier alpha value is -3.03. The van der Waals surface area contributed by atoms with Gasteiger partial charge in [-0.1, -0.05) is 23.2 Å². The summed E-state index contributed by atoms with van der Waals surface area (Å²) >= 11 is 1.43. The fourth-order valence-corrected chi connectivity index (χ4v) is 5.69. The molecule has 5 rings (SSSR count). The molecule has 1 aliphatic carbocycles. The van der Waals surface area contributed by atoms with Gasteiger partial charge >= 0.3 is 12.1 Å². The van der Waals surface area contributed by atoms with Gasteiger partial charge in [-0.2, -0.15) is 13.2 Å². The molecule has 39 heavy (non-hydrogen) atoms. The molecule has 1 fully saturated rings. The van der Waals surface area contributed by atoms with E-state index in [0.29, 0.717) is 16.4 Å². The lowest BCUT2D eigenvalue weighted by atomic mass is 9.88. The second kappa shape index (κ2) is 10.9. The minimum Gasteiger partial charge on any atom is -1.00 e. The third-order valence-corrected chi connectivity index (χ3v) is 7.79. The van der Waals surface area contributed by atoms with Crippen LogP contribution in [0, 0.1) is 5.92 Å². The summed E-state index contributed by atoms with van der Waals surface area (Å²) in [4.78, 5) is 12.2. The van der Waals surface area contributed by atoms with Crippen molar-refractivity contribution >= 4 is 39.0 Å². The van der Waals surface area contributed by atoms with E-state index in [1.807, 2.05) is 24.3 Å². The number of hydrogen-bond donors (Lipinski definition) is 5. The first-order valence-electron chi connectivity index (χ1n) is 12.0. The number of para-hydroxylation sites is 1. The smallest absolute Gasteiger partial charge is 0.416 e. The molecule has 0 aliphatic heterocycles. The van der Waals surface area contributed by atoms with Gasteiger partial charge in [0.05, 0.1) is 45.4 Å². The Morgan fingerprint density at radius 2 is 1.77 bits per heavy atom. The summed E-state index contributed by atoms with van der Waals surface area (Å²) in [6.07, 6.45) is -4.93. The Kier molecular flexibility index (Phi) is 8.06. The van der Waals surface area contributed by atoms with Crippen LogP contribution in [0.5, 0.6) is 0 Å². The number of aliphatic hydroxyl groups is 3. The van der Waals surface area contributed by atoms with E-state index in [1.165, 1.54) is 23.5 Å². The van der Waals surface area contributed by atoms with Crippen LogP contribution in [-0.4, -0.2) is 49.1 Å². The molecule has 8 nitrogen and oxygen atoms in total. The number of nitrogens with zero attached hydrogens (tertiary/aromatic N) is 2. The van der Waals surface area contributed by atoms with Gasteiger partial charge in [0.25, 0.3) is 0 Å². The number of halogens is 4. The van der Waals surface area contributed by atoms with Gasteiger partial charge in [-0.05, 0) is 50.6 Å². The largest absolute Gasteiger partial charge is 1.00 e. The number of nitrogens with one attached hydrogen (secondary N) is 3. The molecule has 1 saturated carbocycles. The van der Waals surface area contributed by atoms with Crippen molar-refractivity contribution in [2.45, 2.75) is 50.3 Å². The zero-order valence-corrected chi connectivity index (χ0v) is 22.4. The van der Waals surface area contributed by atoms with E-state index in [2.05, 4.69) is 25.6 Å². The first kappa shape index (κ1) is 29.0. The fraction of sp³-hybridized carbons (Fsp3) is 0.346. The molecule has 2 aromatic carbocycles. The topological polar surface area (TPSA) is 125 Å². The predicted molar refractivity (Wildman–Crippen MR) is 138 cm³/mol. The maximum Gasteiger partial charge on any atom is 0.416 e. The van der Waals surface area contributed by atoms with Crippen LogP contribution in [0.1, 0.15) is 25.8 Å². The van der Waals surface area contributed by atoms with Crippen LogP contribution in [0.3, 0.4) is 0 Å². The molecule has 6 N–H and O–H groups in total. The molecule has 4 aromatic rings. The average Bonchev–Trinajstić information content (AvgIpc) is 3.40. The summed E-state index contributed by atoms with van der Waals surface area (Å²) in [7, 11) is 0. The predicted octanol–water partition coefficient (Wildman–Crippen LogP) is 1.23. The number of aromatic amines is 1. The van der Waals surface area contributed by atoms with Crippen molar-refractivity contribution in [1.29, 1.82) is 0 Å². The number of benzene rings is 2. The van der Waals surface area contributed by atoms with Crippen molar-refractivity contribution in [1.82, 2.24) is 9.97 Å². The van der Waals surface area contributed by atoms with Crippen LogP contribution in [-0.2, 0) is 6.18 Å². The zero-order valence-electron chi connectivity index (χ0n) is 20.9.